The Morgan fingerprint density at radius 1 is 1.06 bits per heavy atom. The Morgan fingerprint density at radius 2 is 1.83 bits per heavy atom. The highest BCUT2D eigenvalue weighted by molar-refractivity contribution is 5.14. The van der Waals surface area contributed by atoms with E-state index >= 15 is 0 Å². The average Bonchev–Trinajstić information content (AvgIpc) is 2.45. The summed E-state index contributed by atoms with van der Waals surface area (Å²) in [5.74, 6) is 0. The highest BCUT2D eigenvalue weighted by Crippen LogP contribution is 2.05. The number of aryl methyl sites for hydroxylation is 1. The van der Waals surface area contributed by atoms with Crippen molar-refractivity contribution in [1.29, 1.82) is 0 Å². The van der Waals surface area contributed by atoms with Gasteiger partial charge in [0.25, 0.3) is 0 Å². The first kappa shape index (κ1) is 12.8. The molecule has 0 unspecified atom stereocenters. The lowest BCUT2D eigenvalue weighted by atomic mass is 10.1. The zero-order valence-corrected chi connectivity index (χ0v) is 10.8. The van der Waals surface area contributed by atoms with Crippen molar-refractivity contribution in [2.24, 2.45) is 0 Å². The van der Waals surface area contributed by atoms with Crippen LogP contribution in [-0.2, 0) is 13.0 Å². The summed E-state index contributed by atoms with van der Waals surface area (Å²) in [4.78, 5) is 4.12. The van der Waals surface area contributed by atoms with Crippen LogP contribution in [0.4, 0.5) is 0 Å². The summed E-state index contributed by atoms with van der Waals surface area (Å²) in [6.45, 7) is 3.13. The van der Waals surface area contributed by atoms with Gasteiger partial charge in [0.05, 0.1) is 0 Å². The molecule has 0 aliphatic heterocycles. The number of benzene rings is 1. The number of rotatable bonds is 6. The Morgan fingerprint density at radius 3 is 2.56 bits per heavy atom. The van der Waals surface area contributed by atoms with E-state index in [1.807, 2.05) is 18.5 Å². The van der Waals surface area contributed by atoms with Crippen molar-refractivity contribution in [2.75, 3.05) is 0 Å². The third-order valence-electron chi connectivity index (χ3n) is 3.09. The molecule has 2 nitrogen and oxygen atoms in total. The molecule has 0 aliphatic rings. The zero-order chi connectivity index (χ0) is 12.6. The summed E-state index contributed by atoms with van der Waals surface area (Å²) < 4.78 is 0. The Labute approximate surface area is 109 Å². The molecule has 1 heterocycles. The topological polar surface area (TPSA) is 24.9 Å². The quantitative estimate of drug-likeness (QED) is 0.838. The SMILES string of the molecule is C[C@@H](CCc1ccccc1)NCc1cccnc1. The van der Waals surface area contributed by atoms with E-state index in [0.29, 0.717) is 6.04 Å². The van der Waals surface area contributed by atoms with Gasteiger partial charge in [-0.2, -0.15) is 0 Å². The third kappa shape index (κ3) is 4.30. The summed E-state index contributed by atoms with van der Waals surface area (Å²) in [5.41, 5.74) is 2.65. The molecule has 2 heteroatoms. The molecule has 0 bridgehead atoms. The number of nitrogens with one attached hydrogen (secondary N) is 1. The van der Waals surface area contributed by atoms with Crippen LogP contribution >= 0.6 is 0 Å². The van der Waals surface area contributed by atoms with Gasteiger partial charge in [-0.15, -0.1) is 0 Å². The van der Waals surface area contributed by atoms with Crippen molar-refractivity contribution in [2.45, 2.75) is 32.4 Å². The van der Waals surface area contributed by atoms with Gasteiger partial charge in [-0.05, 0) is 37.0 Å². The summed E-state index contributed by atoms with van der Waals surface area (Å²) >= 11 is 0. The minimum absolute atomic E-state index is 0.519. The molecule has 1 aromatic carbocycles. The molecule has 0 radical (unpaired) electrons. The Bertz CT molecular complexity index is 396. The first-order chi connectivity index (χ1) is 8.84. The van der Waals surface area contributed by atoms with E-state index in [2.05, 4.69) is 53.6 Å². The molecule has 1 atom stereocenters. The molecular weight excluding hydrogens is 220 g/mol. The van der Waals surface area contributed by atoms with E-state index in [-0.39, 0.29) is 0 Å². The Kier molecular flexibility index (Phi) is 4.91. The fourth-order valence-corrected chi connectivity index (χ4v) is 1.92. The molecule has 0 aliphatic carbocycles. The standard InChI is InChI=1S/C16H20N2/c1-14(9-10-15-6-3-2-4-7-15)18-13-16-8-5-11-17-12-16/h2-8,11-12,14,18H,9-10,13H2,1H3/t14-/m0/s1. The lowest BCUT2D eigenvalue weighted by Crippen LogP contribution is -2.25. The van der Waals surface area contributed by atoms with Crippen molar-refractivity contribution in [3.8, 4) is 0 Å². The molecule has 0 saturated carbocycles. The van der Waals surface area contributed by atoms with Crippen LogP contribution in [0.15, 0.2) is 54.9 Å². The van der Waals surface area contributed by atoms with Crippen LogP contribution in [0.3, 0.4) is 0 Å². The van der Waals surface area contributed by atoms with E-state index in [9.17, 15) is 0 Å². The zero-order valence-electron chi connectivity index (χ0n) is 10.8. The summed E-state index contributed by atoms with van der Waals surface area (Å²) in [6.07, 6.45) is 6.01. The Balaban J connectivity index is 1.71. The Hall–Kier alpha value is -1.67. The lowest BCUT2D eigenvalue weighted by Gasteiger charge is -2.13. The number of hydrogen-bond donors (Lipinski definition) is 1. The normalized spacial score (nSPS) is 12.3. The van der Waals surface area contributed by atoms with Gasteiger partial charge in [-0.25, -0.2) is 0 Å². The minimum Gasteiger partial charge on any atom is -0.310 e. The maximum Gasteiger partial charge on any atom is 0.0312 e. The second kappa shape index (κ2) is 6.92. The van der Waals surface area contributed by atoms with Gasteiger partial charge in [0, 0.05) is 25.0 Å². The van der Waals surface area contributed by atoms with Gasteiger partial charge < -0.3 is 5.32 Å². The molecule has 1 aromatic heterocycles. The average molecular weight is 240 g/mol. The molecule has 0 spiro atoms. The number of nitrogens with zero attached hydrogens (tertiary/aromatic N) is 1. The largest absolute Gasteiger partial charge is 0.310 e. The highest BCUT2D eigenvalue weighted by atomic mass is 14.9. The van der Waals surface area contributed by atoms with E-state index in [4.69, 9.17) is 0 Å². The molecule has 0 fully saturated rings. The molecule has 94 valence electrons. The van der Waals surface area contributed by atoms with Crippen LogP contribution in [0, 0.1) is 0 Å². The first-order valence-electron chi connectivity index (χ1n) is 6.51. The van der Waals surface area contributed by atoms with Crippen molar-refractivity contribution in [1.82, 2.24) is 10.3 Å². The lowest BCUT2D eigenvalue weighted by molar-refractivity contribution is 0.513. The summed E-state index contributed by atoms with van der Waals surface area (Å²) in [7, 11) is 0. The van der Waals surface area contributed by atoms with Crippen LogP contribution in [0.5, 0.6) is 0 Å². The minimum atomic E-state index is 0.519. The van der Waals surface area contributed by atoms with E-state index in [1.165, 1.54) is 11.1 Å². The molecule has 0 saturated heterocycles. The number of pyridine rings is 1. The van der Waals surface area contributed by atoms with Gasteiger partial charge >= 0.3 is 0 Å². The smallest absolute Gasteiger partial charge is 0.0312 e. The van der Waals surface area contributed by atoms with Gasteiger partial charge in [0.1, 0.15) is 0 Å². The number of aromatic nitrogens is 1. The van der Waals surface area contributed by atoms with Crippen molar-refractivity contribution >= 4 is 0 Å². The molecule has 2 rings (SSSR count). The predicted octanol–water partition coefficient (Wildman–Crippen LogP) is 3.19. The summed E-state index contributed by atoms with van der Waals surface area (Å²) in [5, 5.41) is 3.53. The van der Waals surface area contributed by atoms with E-state index < -0.39 is 0 Å². The van der Waals surface area contributed by atoms with Crippen LogP contribution in [-0.4, -0.2) is 11.0 Å². The molecule has 1 N–H and O–H groups in total. The second-order valence-corrected chi connectivity index (χ2v) is 4.67. The van der Waals surface area contributed by atoms with Gasteiger partial charge in [-0.3, -0.25) is 4.98 Å². The van der Waals surface area contributed by atoms with E-state index in [1.54, 1.807) is 0 Å². The molecule has 18 heavy (non-hydrogen) atoms. The van der Waals surface area contributed by atoms with Gasteiger partial charge in [0.2, 0.25) is 0 Å². The third-order valence-corrected chi connectivity index (χ3v) is 3.09. The maximum atomic E-state index is 4.12. The van der Waals surface area contributed by atoms with Crippen molar-refractivity contribution in [3.05, 3.63) is 66.0 Å². The molecule has 0 amide bonds. The fraction of sp³-hybridized carbons (Fsp3) is 0.312. The monoisotopic (exact) mass is 240 g/mol. The second-order valence-electron chi connectivity index (χ2n) is 4.67. The molecular formula is C16H20N2. The summed E-state index contributed by atoms with van der Waals surface area (Å²) in [6, 6.07) is 15.2. The van der Waals surface area contributed by atoms with Crippen LogP contribution in [0.1, 0.15) is 24.5 Å². The maximum absolute atomic E-state index is 4.12. The highest BCUT2D eigenvalue weighted by Gasteiger charge is 2.02. The van der Waals surface area contributed by atoms with Crippen LogP contribution < -0.4 is 5.32 Å². The van der Waals surface area contributed by atoms with Gasteiger partial charge in [-0.1, -0.05) is 36.4 Å². The van der Waals surface area contributed by atoms with Crippen molar-refractivity contribution < 1.29 is 0 Å². The van der Waals surface area contributed by atoms with Crippen molar-refractivity contribution in [3.63, 3.8) is 0 Å². The van der Waals surface area contributed by atoms with Crippen LogP contribution in [0.2, 0.25) is 0 Å². The van der Waals surface area contributed by atoms with E-state index in [0.717, 1.165) is 19.4 Å². The van der Waals surface area contributed by atoms with Gasteiger partial charge in [0.15, 0.2) is 0 Å². The molecule has 2 aromatic rings. The first-order valence-corrected chi connectivity index (χ1v) is 6.51. The van der Waals surface area contributed by atoms with Crippen LogP contribution in [0.25, 0.3) is 0 Å². The number of hydrogen-bond acceptors (Lipinski definition) is 2. The predicted molar refractivity (Wildman–Crippen MR) is 75.3 cm³/mol. The fourth-order valence-electron chi connectivity index (χ4n) is 1.92.